The Kier molecular flexibility index (Phi) is 5.08. The molecule has 1 saturated carbocycles. The third kappa shape index (κ3) is 4.37. The molecule has 2 aliphatic rings. The van der Waals surface area contributed by atoms with E-state index in [1.807, 2.05) is 0 Å². The van der Waals surface area contributed by atoms with E-state index in [9.17, 15) is 22.8 Å². The highest BCUT2D eigenvalue weighted by Crippen LogP contribution is 2.33. The number of carbonyl (C=O) groups is 2. The molecule has 3 heterocycles. The fourth-order valence-corrected chi connectivity index (χ4v) is 3.31. The molecule has 0 unspecified atom stereocenters. The van der Waals surface area contributed by atoms with Gasteiger partial charge in [-0.1, -0.05) is 0 Å². The van der Waals surface area contributed by atoms with Crippen LogP contribution in [-0.2, 0) is 17.9 Å². The Morgan fingerprint density at radius 1 is 1.33 bits per heavy atom. The molecule has 0 spiro atoms. The number of amides is 2. The third-order valence-electron chi connectivity index (χ3n) is 4.94. The normalized spacial score (nSPS) is 15.9. The summed E-state index contributed by atoms with van der Waals surface area (Å²) in [7, 11) is 0. The second-order valence-electron chi connectivity index (χ2n) is 7.48. The molecule has 2 amide bonds. The first-order chi connectivity index (χ1) is 14.2. The van der Waals surface area contributed by atoms with Crippen molar-refractivity contribution >= 4 is 17.6 Å². The first-order valence-corrected chi connectivity index (χ1v) is 9.44. The Labute approximate surface area is 170 Å². The van der Waals surface area contributed by atoms with Gasteiger partial charge < -0.3 is 15.0 Å². The summed E-state index contributed by atoms with van der Waals surface area (Å²) in [6, 6.07) is 3.25. The summed E-state index contributed by atoms with van der Waals surface area (Å²) in [6.45, 7) is 0.672. The summed E-state index contributed by atoms with van der Waals surface area (Å²) in [4.78, 5) is 34.6. The third-order valence-corrected chi connectivity index (χ3v) is 4.94. The molecule has 2 aromatic heterocycles. The Morgan fingerprint density at radius 3 is 2.77 bits per heavy atom. The van der Waals surface area contributed by atoms with E-state index >= 15 is 0 Å². The van der Waals surface area contributed by atoms with Crippen LogP contribution in [0.15, 0.2) is 24.5 Å². The number of hydrogen-bond acceptors (Lipinski definition) is 5. The zero-order valence-corrected chi connectivity index (χ0v) is 16.1. The van der Waals surface area contributed by atoms with Crippen LogP contribution in [0.3, 0.4) is 0 Å². The molecular formula is C20H19F3N4O3. The van der Waals surface area contributed by atoms with Crippen LogP contribution in [0.2, 0.25) is 0 Å². The minimum Gasteiger partial charge on any atom is -0.468 e. The summed E-state index contributed by atoms with van der Waals surface area (Å²) in [5.74, 6) is 0.0234. The van der Waals surface area contributed by atoms with Gasteiger partial charge in [0.1, 0.15) is 5.82 Å². The lowest BCUT2D eigenvalue weighted by molar-refractivity contribution is -0.154. The number of halogens is 3. The number of rotatable bonds is 6. The van der Waals surface area contributed by atoms with E-state index in [-0.39, 0.29) is 36.7 Å². The Hall–Kier alpha value is -3.17. The summed E-state index contributed by atoms with van der Waals surface area (Å²) >= 11 is 0. The molecule has 0 bridgehead atoms. The lowest BCUT2D eigenvalue weighted by Crippen LogP contribution is -2.23. The van der Waals surface area contributed by atoms with Gasteiger partial charge in [-0.15, -0.1) is 0 Å². The van der Waals surface area contributed by atoms with Crippen molar-refractivity contribution < 1.29 is 27.5 Å². The van der Waals surface area contributed by atoms with Crippen LogP contribution < -0.4 is 10.1 Å². The highest BCUT2D eigenvalue weighted by molar-refractivity contribution is 6.01. The fraction of sp³-hybridized carbons (Fsp3) is 0.400. The standard InChI is InChI=1S/C20H19F3N4O3/c1-11-6-12(7-25-18(11)30-10-20(21,22)23)8-27-9-15-14(19(27)29)4-5-24-16(15)26-17(28)13-2-3-13/h4-7,13H,2-3,8-10H2,1H3,(H,24,26,28). The zero-order chi connectivity index (χ0) is 21.5. The smallest absolute Gasteiger partial charge is 0.422 e. The number of hydrogen-bond donors (Lipinski definition) is 1. The van der Waals surface area contributed by atoms with Gasteiger partial charge >= 0.3 is 6.18 Å². The van der Waals surface area contributed by atoms with E-state index in [0.717, 1.165) is 12.8 Å². The monoisotopic (exact) mass is 420 g/mol. The van der Waals surface area contributed by atoms with Gasteiger partial charge in [-0.3, -0.25) is 9.59 Å². The molecule has 1 aliphatic heterocycles. The van der Waals surface area contributed by atoms with E-state index in [4.69, 9.17) is 4.74 Å². The Bertz CT molecular complexity index is 1010. The molecule has 0 aromatic carbocycles. The number of carbonyl (C=O) groups excluding carboxylic acids is 2. The van der Waals surface area contributed by atoms with Crippen LogP contribution in [-0.4, -0.2) is 39.5 Å². The zero-order valence-electron chi connectivity index (χ0n) is 16.1. The van der Waals surface area contributed by atoms with Gasteiger partial charge in [-0.05, 0) is 37.5 Å². The first-order valence-electron chi connectivity index (χ1n) is 9.44. The van der Waals surface area contributed by atoms with Gasteiger partial charge in [0, 0.05) is 41.5 Å². The number of anilines is 1. The Morgan fingerprint density at radius 2 is 2.10 bits per heavy atom. The van der Waals surface area contributed by atoms with E-state index in [1.165, 1.54) is 12.4 Å². The van der Waals surface area contributed by atoms with Crippen molar-refractivity contribution in [3.05, 3.63) is 46.8 Å². The van der Waals surface area contributed by atoms with Crippen molar-refractivity contribution in [1.82, 2.24) is 14.9 Å². The minimum absolute atomic E-state index is 0.0167. The number of aryl methyl sites for hydroxylation is 1. The second kappa shape index (κ2) is 7.58. The lowest BCUT2D eigenvalue weighted by atomic mass is 10.1. The predicted molar refractivity (Wildman–Crippen MR) is 99.7 cm³/mol. The number of aromatic nitrogens is 2. The van der Waals surface area contributed by atoms with Crippen LogP contribution in [0.25, 0.3) is 0 Å². The molecule has 158 valence electrons. The van der Waals surface area contributed by atoms with E-state index in [2.05, 4.69) is 15.3 Å². The molecule has 0 saturated heterocycles. The number of nitrogens with zero attached hydrogens (tertiary/aromatic N) is 3. The van der Waals surface area contributed by atoms with Crippen molar-refractivity contribution in [3.8, 4) is 5.88 Å². The lowest BCUT2D eigenvalue weighted by Gasteiger charge is -2.17. The second-order valence-corrected chi connectivity index (χ2v) is 7.48. The van der Waals surface area contributed by atoms with Crippen LogP contribution in [0, 0.1) is 12.8 Å². The van der Waals surface area contributed by atoms with Gasteiger partial charge in [0.05, 0.1) is 6.54 Å². The molecule has 2 aromatic rings. The van der Waals surface area contributed by atoms with E-state index in [1.54, 1.807) is 24.0 Å². The van der Waals surface area contributed by atoms with Crippen molar-refractivity contribution in [2.24, 2.45) is 5.92 Å². The van der Waals surface area contributed by atoms with Gasteiger partial charge in [0.25, 0.3) is 5.91 Å². The molecule has 30 heavy (non-hydrogen) atoms. The molecular weight excluding hydrogens is 401 g/mol. The number of alkyl halides is 3. The van der Waals surface area contributed by atoms with Gasteiger partial charge in [-0.2, -0.15) is 13.2 Å². The molecule has 1 N–H and O–H groups in total. The van der Waals surface area contributed by atoms with E-state index < -0.39 is 12.8 Å². The molecule has 1 aliphatic carbocycles. The fourth-order valence-electron chi connectivity index (χ4n) is 3.31. The summed E-state index contributed by atoms with van der Waals surface area (Å²) in [5.41, 5.74) is 2.24. The van der Waals surface area contributed by atoms with Gasteiger partial charge in [0.15, 0.2) is 6.61 Å². The van der Waals surface area contributed by atoms with Gasteiger partial charge in [-0.25, -0.2) is 9.97 Å². The molecule has 10 heteroatoms. The molecule has 4 rings (SSSR count). The number of fused-ring (bicyclic) bond motifs is 1. The maximum atomic E-state index is 12.8. The maximum absolute atomic E-state index is 12.8. The number of ether oxygens (including phenoxy) is 1. The first kappa shape index (κ1) is 20.1. The quantitative estimate of drug-likeness (QED) is 0.776. The number of pyridine rings is 2. The average molecular weight is 420 g/mol. The van der Waals surface area contributed by atoms with Crippen molar-refractivity contribution in [1.29, 1.82) is 0 Å². The molecule has 0 atom stereocenters. The Balaban J connectivity index is 1.46. The topological polar surface area (TPSA) is 84.4 Å². The summed E-state index contributed by atoms with van der Waals surface area (Å²) in [5, 5.41) is 2.80. The predicted octanol–water partition coefficient (Wildman–Crippen LogP) is 3.23. The summed E-state index contributed by atoms with van der Waals surface area (Å²) < 4.78 is 41.7. The van der Waals surface area contributed by atoms with Crippen LogP contribution in [0.5, 0.6) is 5.88 Å². The molecule has 7 nitrogen and oxygen atoms in total. The van der Waals surface area contributed by atoms with Crippen molar-refractivity contribution in [3.63, 3.8) is 0 Å². The largest absolute Gasteiger partial charge is 0.468 e. The minimum atomic E-state index is -4.44. The summed E-state index contributed by atoms with van der Waals surface area (Å²) in [6.07, 6.45) is 0.160. The maximum Gasteiger partial charge on any atom is 0.422 e. The van der Waals surface area contributed by atoms with Crippen LogP contribution in [0.4, 0.5) is 19.0 Å². The van der Waals surface area contributed by atoms with Crippen molar-refractivity contribution in [2.75, 3.05) is 11.9 Å². The highest BCUT2D eigenvalue weighted by atomic mass is 19.4. The molecule has 1 fully saturated rings. The van der Waals surface area contributed by atoms with E-state index in [0.29, 0.717) is 28.1 Å². The van der Waals surface area contributed by atoms with Crippen LogP contribution in [0.1, 0.15) is 39.9 Å². The number of nitrogens with one attached hydrogen (secondary N) is 1. The van der Waals surface area contributed by atoms with Gasteiger partial charge in [0.2, 0.25) is 11.8 Å². The highest BCUT2D eigenvalue weighted by Gasteiger charge is 2.34. The van der Waals surface area contributed by atoms with Crippen LogP contribution >= 0.6 is 0 Å². The molecule has 0 radical (unpaired) electrons. The average Bonchev–Trinajstić information content (AvgIpc) is 3.47. The van der Waals surface area contributed by atoms with Crippen molar-refractivity contribution in [2.45, 2.75) is 39.0 Å². The SMILES string of the molecule is Cc1cc(CN2Cc3c(ccnc3NC(=O)C3CC3)C2=O)cnc1OCC(F)(F)F.